The smallest absolute Gasteiger partial charge is 0.319 e. The molecule has 32 heavy (non-hydrogen) atoms. The zero-order valence-corrected chi connectivity index (χ0v) is 19.0. The molecular weight excluding hydrogens is 430 g/mol. The number of benzene rings is 2. The first-order valence-electron chi connectivity index (χ1n) is 10.4. The van der Waals surface area contributed by atoms with Gasteiger partial charge in [0.1, 0.15) is 5.54 Å². The molecule has 1 fully saturated rings. The Kier molecular flexibility index (Phi) is 5.32. The molecule has 2 aromatic rings. The Balaban J connectivity index is 1.56. The molecule has 1 unspecified atom stereocenters. The molecule has 0 radical (unpaired) electrons. The third-order valence-electron chi connectivity index (χ3n) is 6.08. The molecule has 168 valence electrons. The standard InChI is InChI=1S/C23H25N3O5S/c1-15-6-9-18(10-7-15)23(2)21(28)25(22(29)24-23)14-20(27)17-8-11-19-16(13-17)5-4-12-26(19)32(3,30)31/h6-11,13H,4-5,12,14H2,1-3H3,(H,24,29). The van der Waals surface area contributed by atoms with Crippen LogP contribution in [0.25, 0.3) is 0 Å². The second-order valence-corrected chi connectivity index (χ2v) is 10.4. The number of nitrogens with one attached hydrogen (secondary N) is 1. The van der Waals surface area contributed by atoms with Gasteiger partial charge in [-0.2, -0.15) is 0 Å². The number of imide groups is 1. The number of amides is 3. The van der Waals surface area contributed by atoms with E-state index in [9.17, 15) is 22.8 Å². The summed E-state index contributed by atoms with van der Waals surface area (Å²) in [7, 11) is -3.41. The highest BCUT2D eigenvalue weighted by Gasteiger charge is 2.49. The van der Waals surface area contributed by atoms with Crippen molar-refractivity contribution < 1.29 is 22.8 Å². The summed E-state index contributed by atoms with van der Waals surface area (Å²) in [5.74, 6) is -0.873. The van der Waals surface area contributed by atoms with E-state index in [-0.39, 0.29) is 12.3 Å². The van der Waals surface area contributed by atoms with Gasteiger partial charge in [0.05, 0.1) is 18.5 Å². The lowest BCUT2D eigenvalue weighted by Crippen LogP contribution is -2.41. The van der Waals surface area contributed by atoms with Crippen LogP contribution in [0.3, 0.4) is 0 Å². The van der Waals surface area contributed by atoms with Gasteiger partial charge in [-0.3, -0.25) is 18.8 Å². The number of rotatable bonds is 5. The fourth-order valence-corrected chi connectivity index (χ4v) is 5.23. The summed E-state index contributed by atoms with van der Waals surface area (Å²) in [5, 5.41) is 2.71. The van der Waals surface area contributed by atoms with Crippen molar-refractivity contribution in [2.45, 2.75) is 32.2 Å². The molecule has 1 saturated heterocycles. The lowest BCUT2D eigenvalue weighted by molar-refractivity contribution is -0.130. The van der Waals surface area contributed by atoms with Crippen molar-refractivity contribution in [3.05, 3.63) is 64.7 Å². The molecule has 0 saturated carbocycles. The maximum Gasteiger partial charge on any atom is 0.325 e. The van der Waals surface area contributed by atoms with Crippen LogP contribution in [0.1, 0.15) is 40.4 Å². The summed E-state index contributed by atoms with van der Waals surface area (Å²) in [6, 6.07) is 11.5. The minimum Gasteiger partial charge on any atom is -0.319 e. The summed E-state index contributed by atoms with van der Waals surface area (Å²) >= 11 is 0. The topological polar surface area (TPSA) is 104 Å². The van der Waals surface area contributed by atoms with Crippen LogP contribution in [-0.4, -0.2) is 50.4 Å². The second-order valence-electron chi connectivity index (χ2n) is 8.52. The monoisotopic (exact) mass is 455 g/mol. The molecule has 1 atom stereocenters. The number of carbonyl (C=O) groups excluding carboxylic acids is 3. The predicted octanol–water partition coefficient (Wildman–Crippen LogP) is 2.36. The number of Topliss-reactive ketones (excluding diaryl/α,β-unsaturated/α-hetero) is 1. The fourth-order valence-electron chi connectivity index (χ4n) is 4.24. The number of fused-ring (bicyclic) bond motifs is 1. The van der Waals surface area contributed by atoms with Gasteiger partial charge in [0.2, 0.25) is 10.0 Å². The van der Waals surface area contributed by atoms with E-state index < -0.39 is 27.5 Å². The third kappa shape index (κ3) is 3.77. The highest BCUT2D eigenvalue weighted by atomic mass is 32.2. The first-order valence-corrected chi connectivity index (χ1v) is 12.2. The molecule has 2 aliphatic rings. The largest absolute Gasteiger partial charge is 0.325 e. The number of nitrogens with zero attached hydrogens (tertiary/aromatic N) is 2. The maximum atomic E-state index is 13.1. The zero-order chi connectivity index (χ0) is 23.3. The summed E-state index contributed by atoms with van der Waals surface area (Å²) < 4.78 is 25.4. The maximum absolute atomic E-state index is 13.1. The number of aryl methyl sites for hydroxylation is 2. The predicted molar refractivity (Wildman–Crippen MR) is 120 cm³/mol. The van der Waals surface area contributed by atoms with Crippen LogP contribution in [0, 0.1) is 6.92 Å². The van der Waals surface area contributed by atoms with E-state index in [4.69, 9.17) is 0 Å². The van der Waals surface area contributed by atoms with E-state index >= 15 is 0 Å². The summed E-state index contributed by atoms with van der Waals surface area (Å²) in [6.07, 6.45) is 2.46. The van der Waals surface area contributed by atoms with E-state index in [2.05, 4.69) is 5.32 Å². The molecule has 0 aliphatic carbocycles. The molecule has 2 aliphatic heterocycles. The van der Waals surface area contributed by atoms with Gasteiger partial charge in [-0.25, -0.2) is 13.2 Å². The van der Waals surface area contributed by atoms with Crippen LogP contribution < -0.4 is 9.62 Å². The van der Waals surface area contributed by atoms with Crippen molar-refractivity contribution in [3.63, 3.8) is 0 Å². The van der Waals surface area contributed by atoms with Crippen LogP contribution in [0.15, 0.2) is 42.5 Å². The van der Waals surface area contributed by atoms with E-state index in [1.807, 2.05) is 19.1 Å². The first kappa shape index (κ1) is 22.0. The molecule has 9 heteroatoms. The molecule has 2 aromatic carbocycles. The van der Waals surface area contributed by atoms with E-state index in [1.54, 1.807) is 37.3 Å². The minimum absolute atomic E-state index is 0.337. The van der Waals surface area contributed by atoms with Crippen molar-refractivity contribution in [2.24, 2.45) is 0 Å². The molecule has 4 rings (SSSR count). The summed E-state index contributed by atoms with van der Waals surface area (Å²) in [5.41, 5.74) is 2.10. The normalized spacial score (nSPS) is 20.8. The Hall–Kier alpha value is -3.20. The highest BCUT2D eigenvalue weighted by Crippen LogP contribution is 2.31. The highest BCUT2D eigenvalue weighted by molar-refractivity contribution is 7.92. The minimum atomic E-state index is -3.41. The number of ketones is 1. The van der Waals surface area contributed by atoms with Gasteiger partial charge in [0.15, 0.2) is 5.78 Å². The molecule has 0 aromatic heterocycles. The van der Waals surface area contributed by atoms with Crippen LogP contribution in [-0.2, 0) is 26.8 Å². The van der Waals surface area contributed by atoms with Crippen molar-refractivity contribution in [3.8, 4) is 0 Å². The van der Waals surface area contributed by atoms with Crippen LogP contribution in [0.4, 0.5) is 10.5 Å². The van der Waals surface area contributed by atoms with Gasteiger partial charge >= 0.3 is 6.03 Å². The van der Waals surface area contributed by atoms with E-state index in [0.29, 0.717) is 36.2 Å². The van der Waals surface area contributed by atoms with Crippen molar-refractivity contribution >= 4 is 33.4 Å². The Morgan fingerprint density at radius 3 is 2.47 bits per heavy atom. The SMILES string of the molecule is Cc1ccc(C2(C)NC(=O)N(CC(=O)c3ccc4c(c3)CCCN4S(C)(=O)=O)C2=O)cc1. The molecule has 8 nitrogen and oxygen atoms in total. The number of carbonyl (C=O) groups is 3. The Bertz CT molecular complexity index is 1220. The Morgan fingerprint density at radius 1 is 1.12 bits per heavy atom. The zero-order valence-electron chi connectivity index (χ0n) is 18.2. The van der Waals surface area contributed by atoms with Gasteiger partial charge in [-0.1, -0.05) is 29.8 Å². The van der Waals surface area contributed by atoms with Gasteiger partial charge in [-0.05, 0) is 56.0 Å². The summed E-state index contributed by atoms with van der Waals surface area (Å²) in [6.45, 7) is 3.57. The number of hydrogen-bond acceptors (Lipinski definition) is 5. The summed E-state index contributed by atoms with van der Waals surface area (Å²) in [4.78, 5) is 39.5. The second kappa shape index (κ2) is 7.74. The molecule has 3 amide bonds. The molecule has 0 bridgehead atoms. The average Bonchev–Trinajstić information content (AvgIpc) is 2.96. The van der Waals surface area contributed by atoms with Gasteiger partial charge in [0, 0.05) is 12.1 Å². The number of urea groups is 1. The molecule has 0 spiro atoms. The molecule has 2 heterocycles. The van der Waals surface area contributed by atoms with Crippen LogP contribution in [0.5, 0.6) is 0 Å². The van der Waals surface area contributed by atoms with Gasteiger partial charge < -0.3 is 5.32 Å². The van der Waals surface area contributed by atoms with Gasteiger partial charge in [0.25, 0.3) is 5.91 Å². The van der Waals surface area contributed by atoms with Crippen molar-refractivity contribution in [2.75, 3.05) is 23.7 Å². The van der Waals surface area contributed by atoms with Gasteiger partial charge in [-0.15, -0.1) is 0 Å². The number of anilines is 1. The van der Waals surface area contributed by atoms with E-state index in [0.717, 1.165) is 22.3 Å². The molecular formula is C23H25N3O5S. The van der Waals surface area contributed by atoms with Crippen LogP contribution >= 0.6 is 0 Å². The fraction of sp³-hybridized carbons (Fsp3) is 0.348. The number of hydrogen-bond donors (Lipinski definition) is 1. The van der Waals surface area contributed by atoms with Crippen molar-refractivity contribution in [1.29, 1.82) is 0 Å². The first-order chi connectivity index (χ1) is 15.0. The Morgan fingerprint density at radius 2 is 1.81 bits per heavy atom. The molecule has 1 N–H and O–H groups in total. The lowest BCUT2D eigenvalue weighted by atomic mass is 9.91. The third-order valence-corrected chi connectivity index (χ3v) is 7.26. The van der Waals surface area contributed by atoms with Crippen LogP contribution in [0.2, 0.25) is 0 Å². The van der Waals surface area contributed by atoms with Crippen molar-refractivity contribution in [1.82, 2.24) is 10.2 Å². The van der Waals surface area contributed by atoms with E-state index in [1.165, 1.54) is 4.31 Å². The quantitative estimate of drug-likeness (QED) is 0.551. The average molecular weight is 456 g/mol. The Labute approximate surface area is 187 Å². The lowest BCUT2D eigenvalue weighted by Gasteiger charge is -2.29. The number of sulfonamides is 1.